The van der Waals surface area contributed by atoms with Crippen molar-refractivity contribution in [3.63, 3.8) is 0 Å². The fraction of sp³-hybridized carbons (Fsp3) is 0.143. The molecule has 90 valence electrons. The Morgan fingerprint density at radius 3 is 2.67 bits per heavy atom. The first-order valence-corrected chi connectivity index (χ1v) is 5.46. The second-order valence-electron chi connectivity index (χ2n) is 3.95. The summed E-state index contributed by atoms with van der Waals surface area (Å²) >= 11 is 0. The van der Waals surface area contributed by atoms with E-state index in [4.69, 9.17) is 6.42 Å². The molecule has 1 aromatic carbocycles. The summed E-state index contributed by atoms with van der Waals surface area (Å²) < 4.78 is 2.54. The van der Waals surface area contributed by atoms with Crippen LogP contribution in [0.3, 0.4) is 0 Å². The molecule has 0 atom stereocenters. The molecule has 0 aliphatic heterocycles. The lowest BCUT2D eigenvalue weighted by Gasteiger charge is -2.07. The average molecular weight is 240 g/mol. The average Bonchev–Trinajstić information content (AvgIpc) is 2.35. The van der Waals surface area contributed by atoms with Crippen molar-refractivity contribution in [1.82, 2.24) is 9.13 Å². The van der Waals surface area contributed by atoms with Crippen molar-refractivity contribution in [2.24, 2.45) is 0 Å². The Morgan fingerprint density at radius 1 is 1.22 bits per heavy atom. The van der Waals surface area contributed by atoms with Crippen molar-refractivity contribution in [3.05, 3.63) is 62.9 Å². The van der Waals surface area contributed by atoms with Crippen LogP contribution in [0.5, 0.6) is 0 Å². The number of hydrogen-bond donors (Lipinski definition) is 0. The van der Waals surface area contributed by atoms with E-state index in [1.807, 2.05) is 25.1 Å². The van der Waals surface area contributed by atoms with Gasteiger partial charge in [-0.1, -0.05) is 18.1 Å². The van der Waals surface area contributed by atoms with Crippen LogP contribution < -0.4 is 11.1 Å². The van der Waals surface area contributed by atoms with Crippen LogP contribution >= 0.6 is 0 Å². The molecule has 18 heavy (non-hydrogen) atoms. The molecule has 1 aromatic heterocycles. The van der Waals surface area contributed by atoms with Gasteiger partial charge in [-0.15, -0.1) is 6.42 Å². The van der Waals surface area contributed by atoms with E-state index < -0.39 is 11.1 Å². The summed E-state index contributed by atoms with van der Waals surface area (Å²) in [5.41, 5.74) is 0.479. The number of aryl methyl sites for hydroxylation is 1. The van der Waals surface area contributed by atoms with Gasteiger partial charge in [-0.05, 0) is 24.6 Å². The first kappa shape index (κ1) is 11.9. The first-order valence-electron chi connectivity index (χ1n) is 5.46. The third kappa shape index (κ3) is 2.11. The molecule has 2 rings (SSSR count). The maximum Gasteiger partial charge on any atom is 0.321 e. The van der Waals surface area contributed by atoms with Crippen LogP contribution in [0.2, 0.25) is 0 Å². The molecule has 2 aromatic rings. The number of terminal acetylenes is 1. The Morgan fingerprint density at radius 2 is 2.00 bits per heavy atom. The van der Waals surface area contributed by atoms with Crippen molar-refractivity contribution in [1.29, 1.82) is 0 Å². The lowest BCUT2D eigenvalue weighted by Crippen LogP contribution is -2.39. The minimum Gasteiger partial charge on any atom is -0.298 e. The van der Waals surface area contributed by atoms with E-state index in [0.717, 1.165) is 5.56 Å². The summed E-state index contributed by atoms with van der Waals surface area (Å²) in [6, 6.07) is 7.38. The van der Waals surface area contributed by atoms with Crippen LogP contribution in [0.25, 0.3) is 5.69 Å². The molecule has 0 amide bonds. The second kappa shape index (κ2) is 4.76. The van der Waals surface area contributed by atoms with E-state index in [-0.39, 0.29) is 6.54 Å². The van der Waals surface area contributed by atoms with Crippen LogP contribution in [0.15, 0.2) is 46.2 Å². The number of benzene rings is 1. The topological polar surface area (TPSA) is 44.0 Å². The highest BCUT2D eigenvalue weighted by molar-refractivity contribution is 5.35. The normalized spacial score (nSPS) is 10.0. The molecule has 4 heteroatoms. The van der Waals surface area contributed by atoms with Crippen molar-refractivity contribution in [2.45, 2.75) is 13.5 Å². The summed E-state index contributed by atoms with van der Waals surface area (Å²) in [6.07, 6.45) is 8.20. The maximum absolute atomic E-state index is 11.9. The lowest BCUT2D eigenvalue weighted by atomic mass is 10.2. The minimum absolute atomic E-state index is 0.0999. The van der Waals surface area contributed by atoms with Crippen LogP contribution in [-0.2, 0) is 6.54 Å². The number of rotatable bonds is 2. The van der Waals surface area contributed by atoms with E-state index in [9.17, 15) is 9.59 Å². The molecule has 0 aliphatic rings. The Balaban J connectivity index is 2.62. The maximum atomic E-state index is 11.9. The van der Waals surface area contributed by atoms with E-state index in [1.54, 1.807) is 12.3 Å². The van der Waals surface area contributed by atoms with Gasteiger partial charge in [0.05, 0.1) is 6.54 Å². The van der Waals surface area contributed by atoms with E-state index in [1.165, 1.54) is 15.3 Å². The van der Waals surface area contributed by atoms with Crippen molar-refractivity contribution in [3.8, 4) is 18.0 Å². The fourth-order valence-electron chi connectivity index (χ4n) is 1.71. The molecule has 4 nitrogen and oxygen atoms in total. The van der Waals surface area contributed by atoms with Crippen molar-refractivity contribution in [2.75, 3.05) is 0 Å². The molecule has 0 saturated carbocycles. The minimum atomic E-state index is -0.614. The highest BCUT2D eigenvalue weighted by Crippen LogP contribution is 2.06. The molecule has 0 fully saturated rings. The van der Waals surface area contributed by atoms with Gasteiger partial charge in [0.1, 0.15) is 0 Å². The number of aromatic nitrogens is 2. The van der Waals surface area contributed by atoms with E-state index in [0.29, 0.717) is 5.69 Å². The largest absolute Gasteiger partial charge is 0.321 e. The molecule has 0 bridgehead atoms. The molecule has 1 heterocycles. The molecule has 0 N–H and O–H groups in total. The van der Waals surface area contributed by atoms with Gasteiger partial charge >= 0.3 is 11.1 Å². The van der Waals surface area contributed by atoms with Crippen LogP contribution in [0.4, 0.5) is 0 Å². The summed E-state index contributed by atoms with van der Waals surface area (Å²) in [5.74, 6) is 2.34. The van der Waals surface area contributed by atoms with E-state index in [2.05, 4.69) is 5.92 Å². The van der Waals surface area contributed by atoms with Gasteiger partial charge in [-0.25, -0.2) is 0 Å². The predicted octanol–water partition coefficient (Wildman–Crippen LogP) is 0.941. The Kier molecular flexibility index (Phi) is 3.16. The first-order chi connectivity index (χ1) is 8.63. The number of nitrogens with zero attached hydrogens (tertiary/aromatic N) is 2. The van der Waals surface area contributed by atoms with Crippen molar-refractivity contribution < 1.29 is 0 Å². The zero-order chi connectivity index (χ0) is 13.1. The molecule has 0 unspecified atom stereocenters. The van der Waals surface area contributed by atoms with Gasteiger partial charge < -0.3 is 0 Å². The Bertz CT molecular complexity index is 732. The monoisotopic (exact) mass is 240 g/mol. The smallest absolute Gasteiger partial charge is 0.298 e. The van der Waals surface area contributed by atoms with Gasteiger partial charge in [-0.2, -0.15) is 0 Å². The van der Waals surface area contributed by atoms with Gasteiger partial charge in [0, 0.05) is 18.1 Å². The quantitative estimate of drug-likeness (QED) is 0.579. The summed E-state index contributed by atoms with van der Waals surface area (Å²) in [6.45, 7) is 2.02. The van der Waals surface area contributed by atoms with Crippen LogP contribution in [0, 0.1) is 19.3 Å². The fourth-order valence-corrected chi connectivity index (χ4v) is 1.71. The van der Waals surface area contributed by atoms with Crippen LogP contribution in [0.1, 0.15) is 5.56 Å². The molecular weight excluding hydrogens is 228 g/mol. The zero-order valence-corrected chi connectivity index (χ0v) is 9.96. The third-order valence-corrected chi connectivity index (χ3v) is 2.60. The standard InChI is InChI=1S/C14H12N2O2/c1-3-7-15-8-9-16(14(18)13(15)17)12-6-4-5-11(2)10-12/h1,4-6,8-10H,7H2,2H3. The Hall–Kier alpha value is -2.54. The molecule has 0 spiro atoms. The summed E-state index contributed by atoms with van der Waals surface area (Å²) in [4.78, 5) is 23.7. The molecule has 0 aliphatic carbocycles. The molecular formula is C14H12N2O2. The van der Waals surface area contributed by atoms with Gasteiger partial charge in [0.15, 0.2) is 0 Å². The predicted molar refractivity (Wildman–Crippen MR) is 69.9 cm³/mol. The second-order valence-corrected chi connectivity index (χ2v) is 3.95. The Labute approximate surface area is 104 Å². The highest BCUT2D eigenvalue weighted by atomic mass is 16.2. The van der Waals surface area contributed by atoms with Gasteiger partial charge in [0.2, 0.25) is 0 Å². The number of hydrogen-bond acceptors (Lipinski definition) is 2. The van der Waals surface area contributed by atoms with Gasteiger partial charge in [0.25, 0.3) is 0 Å². The third-order valence-electron chi connectivity index (χ3n) is 2.60. The SMILES string of the molecule is C#CCn1ccn(-c2cccc(C)c2)c(=O)c1=O. The summed E-state index contributed by atoms with van der Waals surface area (Å²) in [5, 5.41) is 0. The van der Waals surface area contributed by atoms with E-state index >= 15 is 0 Å². The van der Waals surface area contributed by atoms with Crippen LogP contribution in [-0.4, -0.2) is 9.13 Å². The van der Waals surface area contributed by atoms with Crippen molar-refractivity contribution >= 4 is 0 Å². The molecule has 0 saturated heterocycles. The zero-order valence-electron chi connectivity index (χ0n) is 9.96. The summed E-state index contributed by atoms with van der Waals surface area (Å²) in [7, 11) is 0. The lowest BCUT2D eigenvalue weighted by molar-refractivity contribution is 0.744. The highest BCUT2D eigenvalue weighted by Gasteiger charge is 2.05. The molecule has 0 radical (unpaired) electrons. The van der Waals surface area contributed by atoms with Gasteiger partial charge in [-0.3, -0.25) is 18.7 Å².